The van der Waals surface area contributed by atoms with Crippen molar-refractivity contribution in [2.75, 3.05) is 19.7 Å². The summed E-state index contributed by atoms with van der Waals surface area (Å²) in [5.41, 5.74) is 0. The van der Waals surface area contributed by atoms with Gasteiger partial charge in [0, 0.05) is 12.6 Å². The van der Waals surface area contributed by atoms with Crippen molar-refractivity contribution in [1.29, 1.82) is 0 Å². The van der Waals surface area contributed by atoms with Crippen molar-refractivity contribution in [3.63, 3.8) is 0 Å². The van der Waals surface area contributed by atoms with Gasteiger partial charge in [0.1, 0.15) is 0 Å². The van der Waals surface area contributed by atoms with E-state index in [1.54, 1.807) is 0 Å². The van der Waals surface area contributed by atoms with Crippen LogP contribution < -0.4 is 0 Å². The molecule has 0 spiro atoms. The Hall–Kier alpha value is -0.0800. The minimum absolute atomic E-state index is 0.372. The van der Waals surface area contributed by atoms with Crippen molar-refractivity contribution < 1.29 is 5.11 Å². The monoisotopic (exact) mass is 127 g/mol. The molecule has 0 aromatic heterocycles. The first kappa shape index (κ1) is 5.69. The Kier molecular flexibility index (Phi) is 1.24. The number of piperidine rings is 1. The maximum atomic E-state index is 8.85. The summed E-state index contributed by atoms with van der Waals surface area (Å²) in [7, 11) is 0. The van der Waals surface area contributed by atoms with Crippen molar-refractivity contribution in [3.05, 3.63) is 0 Å². The third-order valence-electron chi connectivity index (χ3n) is 2.65. The normalized spacial score (nSPS) is 48.3. The van der Waals surface area contributed by atoms with E-state index in [-0.39, 0.29) is 0 Å². The zero-order valence-electron chi connectivity index (χ0n) is 5.58. The van der Waals surface area contributed by atoms with Gasteiger partial charge >= 0.3 is 0 Å². The van der Waals surface area contributed by atoms with E-state index in [9.17, 15) is 0 Å². The van der Waals surface area contributed by atoms with Gasteiger partial charge in [0.25, 0.3) is 0 Å². The average Bonchev–Trinajstić information content (AvgIpc) is 2.45. The molecular weight excluding hydrogens is 114 g/mol. The van der Waals surface area contributed by atoms with Crippen LogP contribution in [0.5, 0.6) is 0 Å². The average molecular weight is 127 g/mol. The van der Waals surface area contributed by atoms with Crippen molar-refractivity contribution in [2.24, 2.45) is 5.92 Å². The number of aliphatic hydroxyl groups excluding tert-OH is 1. The highest BCUT2D eigenvalue weighted by atomic mass is 16.3. The molecule has 0 aromatic carbocycles. The number of rotatable bonds is 1. The molecule has 2 bridgehead atoms. The second-order valence-corrected chi connectivity index (χ2v) is 3.22. The lowest BCUT2D eigenvalue weighted by Crippen LogP contribution is -2.32. The second-order valence-electron chi connectivity index (χ2n) is 3.22. The summed E-state index contributed by atoms with van der Waals surface area (Å²) in [5.74, 6) is 0.919. The summed E-state index contributed by atoms with van der Waals surface area (Å²) >= 11 is 0. The van der Waals surface area contributed by atoms with E-state index in [1.165, 1.54) is 25.9 Å². The van der Waals surface area contributed by atoms with Crippen LogP contribution in [0, 0.1) is 5.92 Å². The Morgan fingerprint density at radius 2 is 2.44 bits per heavy atom. The van der Waals surface area contributed by atoms with Crippen LogP contribution >= 0.6 is 0 Å². The molecule has 52 valence electrons. The minimum Gasteiger partial charge on any atom is -0.395 e. The predicted molar refractivity (Wildman–Crippen MR) is 35.2 cm³/mol. The zero-order chi connectivity index (χ0) is 6.27. The Balaban J connectivity index is 2.01. The van der Waals surface area contributed by atoms with E-state index in [0.29, 0.717) is 12.6 Å². The van der Waals surface area contributed by atoms with Crippen molar-refractivity contribution in [3.8, 4) is 0 Å². The van der Waals surface area contributed by atoms with Crippen molar-refractivity contribution in [2.45, 2.75) is 18.9 Å². The summed E-state index contributed by atoms with van der Waals surface area (Å²) in [6, 6.07) is 0.517. The van der Waals surface area contributed by atoms with Crippen LogP contribution in [0.1, 0.15) is 12.8 Å². The summed E-state index contributed by atoms with van der Waals surface area (Å²) in [6.45, 7) is 2.86. The summed E-state index contributed by atoms with van der Waals surface area (Å²) < 4.78 is 0. The second kappa shape index (κ2) is 1.96. The van der Waals surface area contributed by atoms with Gasteiger partial charge in [-0.25, -0.2) is 0 Å². The van der Waals surface area contributed by atoms with Crippen LogP contribution in [-0.2, 0) is 0 Å². The third kappa shape index (κ3) is 0.775. The fourth-order valence-corrected chi connectivity index (χ4v) is 2.11. The smallest absolute Gasteiger partial charge is 0.0586 e. The van der Waals surface area contributed by atoms with Crippen LogP contribution in [-0.4, -0.2) is 35.7 Å². The predicted octanol–water partition coefficient (Wildman–Crippen LogP) is 0.0729. The Labute approximate surface area is 55.5 Å². The summed E-state index contributed by atoms with van der Waals surface area (Å²) in [4.78, 5) is 2.41. The largest absolute Gasteiger partial charge is 0.395 e. The minimum atomic E-state index is 0.372. The lowest BCUT2D eigenvalue weighted by atomic mass is 10.0. The van der Waals surface area contributed by atoms with Gasteiger partial charge in [-0.15, -0.1) is 0 Å². The fourth-order valence-electron chi connectivity index (χ4n) is 2.11. The van der Waals surface area contributed by atoms with Crippen LogP contribution in [0.25, 0.3) is 0 Å². The molecular formula is C7H13NO. The standard InChI is InChI=1S/C7H13NO/c9-5-7-3-6-1-2-8(7)4-6/h6-7,9H,1-5H2/t6?,7-/m0/s1. The molecule has 2 rings (SSSR count). The first-order chi connectivity index (χ1) is 4.40. The lowest BCUT2D eigenvalue weighted by molar-refractivity contribution is 0.157. The van der Waals surface area contributed by atoms with Crippen LogP contribution in [0.15, 0.2) is 0 Å². The van der Waals surface area contributed by atoms with Gasteiger partial charge in [-0.05, 0) is 25.3 Å². The van der Waals surface area contributed by atoms with E-state index in [4.69, 9.17) is 5.11 Å². The molecule has 1 N–H and O–H groups in total. The van der Waals surface area contributed by atoms with E-state index >= 15 is 0 Å². The number of hydrogen-bond donors (Lipinski definition) is 1. The molecule has 2 aliphatic heterocycles. The highest BCUT2D eigenvalue weighted by molar-refractivity contribution is 4.90. The Morgan fingerprint density at radius 3 is 2.78 bits per heavy atom. The maximum Gasteiger partial charge on any atom is 0.0586 e. The summed E-state index contributed by atoms with van der Waals surface area (Å²) in [6.07, 6.45) is 2.62. The molecule has 2 heteroatoms. The topological polar surface area (TPSA) is 23.5 Å². The van der Waals surface area contributed by atoms with Crippen LogP contribution in [0.4, 0.5) is 0 Å². The Bertz CT molecular complexity index is 115. The molecule has 0 aromatic rings. The number of aliphatic hydroxyl groups is 1. The molecule has 2 saturated heterocycles. The highest BCUT2D eigenvalue weighted by Gasteiger charge is 2.36. The molecule has 0 saturated carbocycles. The molecule has 0 radical (unpaired) electrons. The molecule has 2 nitrogen and oxygen atoms in total. The molecule has 2 fully saturated rings. The van der Waals surface area contributed by atoms with E-state index < -0.39 is 0 Å². The van der Waals surface area contributed by atoms with Gasteiger partial charge in [0.15, 0.2) is 0 Å². The first-order valence-electron chi connectivity index (χ1n) is 3.75. The molecule has 9 heavy (non-hydrogen) atoms. The van der Waals surface area contributed by atoms with Gasteiger partial charge in [-0.1, -0.05) is 0 Å². The van der Waals surface area contributed by atoms with Crippen molar-refractivity contribution >= 4 is 0 Å². The van der Waals surface area contributed by atoms with Gasteiger partial charge in [-0.2, -0.15) is 0 Å². The lowest BCUT2D eigenvalue weighted by Gasteiger charge is -2.21. The van der Waals surface area contributed by atoms with Gasteiger partial charge in [-0.3, -0.25) is 4.90 Å². The van der Waals surface area contributed by atoms with Crippen molar-refractivity contribution in [1.82, 2.24) is 4.90 Å². The highest BCUT2D eigenvalue weighted by Crippen LogP contribution is 2.31. The van der Waals surface area contributed by atoms with Gasteiger partial charge in [0.2, 0.25) is 0 Å². The van der Waals surface area contributed by atoms with Gasteiger partial charge in [0.05, 0.1) is 6.61 Å². The number of hydrogen-bond acceptors (Lipinski definition) is 2. The van der Waals surface area contributed by atoms with E-state index in [0.717, 1.165) is 5.92 Å². The quantitative estimate of drug-likeness (QED) is 0.539. The molecule has 2 heterocycles. The summed E-state index contributed by atoms with van der Waals surface area (Å²) in [5, 5.41) is 8.85. The first-order valence-corrected chi connectivity index (χ1v) is 3.75. The molecule has 2 unspecified atom stereocenters. The van der Waals surface area contributed by atoms with Crippen LogP contribution in [0.2, 0.25) is 0 Å². The fraction of sp³-hybridized carbons (Fsp3) is 1.00. The van der Waals surface area contributed by atoms with Gasteiger partial charge < -0.3 is 5.11 Å². The molecule has 0 aliphatic carbocycles. The molecule has 3 atom stereocenters. The zero-order valence-corrected chi connectivity index (χ0v) is 5.58. The van der Waals surface area contributed by atoms with Crippen LogP contribution in [0.3, 0.4) is 0 Å². The SMILES string of the molecule is OC[C@@H]1CC2CCN1C2. The maximum absolute atomic E-state index is 8.85. The Morgan fingerprint density at radius 1 is 1.56 bits per heavy atom. The number of fused-ring (bicyclic) bond motifs is 2. The molecule has 0 amide bonds. The van der Waals surface area contributed by atoms with E-state index in [1.807, 2.05) is 0 Å². The van der Waals surface area contributed by atoms with E-state index in [2.05, 4.69) is 4.90 Å². The third-order valence-corrected chi connectivity index (χ3v) is 2.65. The molecule has 2 aliphatic rings. The number of nitrogens with zero attached hydrogens (tertiary/aromatic N) is 1.